The molecular weight excluding hydrogens is 350 g/mol. The van der Waals surface area contributed by atoms with Crippen LogP contribution in [-0.2, 0) is 6.42 Å². The number of benzene rings is 2. The molecule has 4 rings (SSSR count). The van der Waals surface area contributed by atoms with E-state index < -0.39 is 21.1 Å². The summed E-state index contributed by atoms with van der Waals surface area (Å²) >= 11 is 0. The number of hydrogen-bond donors (Lipinski definition) is 0. The van der Waals surface area contributed by atoms with Gasteiger partial charge in [-0.2, -0.15) is 0 Å². The molecule has 1 aliphatic carbocycles. The molecule has 0 unspecified atom stereocenters. The van der Waals surface area contributed by atoms with Crippen LogP contribution in [-0.4, -0.2) is 21.1 Å². The van der Waals surface area contributed by atoms with E-state index in [1.54, 1.807) is 5.19 Å². The van der Waals surface area contributed by atoms with E-state index in [0.29, 0.717) is 5.56 Å². The maximum absolute atomic E-state index is 12.1. The summed E-state index contributed by atoms with van der Waals surface area (Å²) in [6, 6.07) is 8.65. The lowest BCUT2D eigenvalue weighted by atomic mass is 9.91. The summed E-state index contributed by atoms with van der Waals surface area (Å²) < 4.78 is 0. The van der Waals surface area contributed by atoms with Crippen molar-refractivity contribution in [3.63, 3.8) is 0 Å². The zero-order valence-corrected chi connectivity index (χ0v) is 18.5. The topological polar surface area (TPSA) is 40.9 Å². The van der Waals surface area contributed by atoms with E-state index in [-0.39, 0.29) is 0 Å². The molecule has 0 atom stereocenters. The minimum Gasteiger partial charge on any atom is -0.267 e. The van der Waals surface area contributed by atoms with E-state index >= 15 is 0 Å². The zero-order chi connectivity index (χ0) is 19.0. The van der Waals surface area contributed by atoms with Crippen LogP contribution in [0.4, 0.5) is 0 Å². The third kappa shape index (κ3) is 2.06. The average Bonchev–Trinajstić information content (AvgIpc) is 2.94. The molecule has 2 aromatic carbocycles. The summed E-state index contributed by atoms with van der Waals surface area (Å²) in [5.41, 5.74) is 16.0. The third-order valence-corrected chi connectivity index (χ3v) is 24.8. The van der Waals surface area contributed by atoms with Gasteiger partial charge in [0.25, 0.3) is 5.91 Å². The highest BCUT2D eigenvalue weighted by Crippen LogP contribution is 2.39. The van der Waals surface area contributed by atoms with Crippen LogP contribution in [0.5, 0.6) is 0 Å². The second-order valence-corrected chi connectivity index (χ2v) is 24.0. The van der Waals surface area contributed by atoms with Gasteiger partial charge < -0.3 is 0 Å². The Hall–Kier alpha value is -1.92. The molecule has 4 heteroatoms. The fourth-order valence-electron chi connectivity index (χ4n) is 4.84. The Labute approximate surface area is 157 Å². The van der Waals surface area contributed by atoms with Gasteiger partial charge in [0.2, 0.25) is 0 Å². The smallest absolute Gasteiger partial charge is 0.267 e. The lowest BCUT2D eigenvalue weighted by Gasteiger charge is -2.53. The van der Waals surface area contributed by atoms with Gasteiger partial charge in [0.1, 0.15) is 0 Å². The van der Waals surface area contributed by atoms with E-state index in [0.717, 1.165) is 12.0 Å². The molecule has 1 N–H and O–H groups in total. The number of carbonyl (C=O) groups is 1. The van der Waals surface area contributed by atoms with Gasteiger partial charge in [-0.3, -0.25) is 10.5 Å². The van der Waals surface area contributed by atoms with E-state index in [1.165, 1.54) is 33.0 Å². The second-order valence-electron chi connectivity index (χ2n) is 8.97. The molecule has 1 aliphatic heterocycles. The molecule has 0 aromatic heterocycles. The number of rotatable bonds is 2. The van der Waals surface area contributed by atoms with Crippen LogP contribution in [0.3, 0.4) is 0 Å². The first-order chi connectivity index (χ1) is 12.1. The van der Waals surface area contributed by atoms with Crippen molar-refractivity contribution < 1.29 is 4.79 Å². The van der Waals surface area contributed by atoms with Crippen molar-refractivity contribution in [1.29, 1.82) is 0 Å². The van der Waals surface area contributed by atoms with Crippen molar-refractivity contribution in [3.05, 3.63) is 52.1 Å². The van der Waals surface area contributed by atoms with E-state index in [4.69, 9.17) is 5.73 Å². The predicted octanol–water partition coefficient (Wildman–Crippen LogP) is 3.97. The Morgan fingerprint density at radius 1 is 1.08 bits per heavy atom. The van der Waals surface area contributed by atoms with Gasteiger partial charge >= 0.3 is 0 Å². The minimum atomic E-state index is -1.52. The van der Waals surface area contributed by atoms with E-state index in [1.807, 2.05) is 6.92 Å². The molecule has 2 aromatic rings. The van der Waals surface area contributed by atoms with Crippen LogP contribution in [0.2, 0.25) is 26.2 Å². The Morgan fingerprint density at radius 3 is 2.42 bits per heavy atom. The van der Waals surface area contributed by atoms with E-state index in [9.17, 15) is 4.79 Å². The van der Waals surface area contributed by atoms with Gasteiger partial charge in [0, 0.05) is 5.56 Å². The highest BCUT2D eigenvalue weighted by Gasteiger charge is 2.56. The highest BCUT2D eigenvalue weighted by molar-refractivity contribution is 7.57. The van der Waals surface area contributed by atoms with Gasteiger partial charge in [-0.15, -0.1) is 0 Å². The molecule has 2 nitrogen and oxygen atoms in total. The van der Waals surface area contributed by atoms with Crippen LogP contribution < -0.4 is 16.1 Å². The van der Waals surface area contributed by atoms with Crippen LogP contribution in [0, 0.1) is 6.92 Å². The number of nitrogens with one attached hydrogen (secondary N) is 1. The minimum absolute atomic E-state index is 0.554. The molecule has 133 valence electrons. The molecule has 1 radical (unpaired) electrons. The van der Waals surface area contributed by atoms with Crippen molar-refractivity contribution in [2.45, 2.75) is 46.5 Å². The molecule has 0 fully saturated rings. The largest absolute Gasteiger partial charge is 0.269 e. The summed E-state index contributed by atoms with van der Waals surface area (Å²) in [5, 5.41) is 2.96. The molecule has 0 saturated heterocycles. The Morgan fingerprint density at radius 2 is 1.77 bits per heavy atom. The predicted molar refractivity (Wildman–Crippen MR) is 116 cm³/mol. The first-order valence-electron chi connectivity index (χ1n) is 9.31. The first kappa shape index (κ1) is 17.5. The monoisotopic (exact) mass is 376 g/mol. The fourth-order valence-corrected chi connectivity index (χ4v) is 15.3. The van der Waals surface area contributed by atoms with Gasteiger partial charge in [-0.1, -0.05) is 72.5 Å². The van der Waals surface area contributed by atoms with Gasteiger partial charge in [-0.25, -0.2) is 0 Å². The Bertz CT molecular complexity index is 1020. The number of hydrogen-bond acceptors (Lipinski definition) is 1. The summed E-state index contributed by atoms with van der Waals surface area (Å²) in [4.78, 5) is 12.1. The summed E-state index contributed by atoms with van der Waals surface area (Å²) in [6.45, 7) is 14.1. The second kappa shape index (κ2) is 5.30. The average molecular weight is 377 g/mol. The molecule has 26 heavy (non-hydrogen) atoms. The van der Waals surface area contributed by atoms with Crippen molar-refractivity contribution in [3.8, 4) is 11.1 Å². The SMILES string of the molecule is CC1=Cc2c(cccc2-c2c(C)c(C([NH])=O)cc3c2[Si](C)(C)[Si]3(C)C)C1. The fraction of sp³-hybridized carbons (Fsp3) is 0.318. The van der Waals surface area contributed by atoms with Crippen molar-refractivity contribution in [1.82, 2.24) is 5.73 Å². The van der Waals surface area contributed by atoms with Gasteiger partial charge in [0.15, 0.2) is 0 Å². The summed E-state index contributed by atoms with van der Waals surface area (Å²) in [5.74, 6) is -0.554. The number of fused-ring (bicyclic) bond motifs is 2. The van der Waals surface area contributed by atoms with E-state index in [2.05, 4.69) is 63.5 Å². The van der Waals surface area contributed by atoms with Crippen LogP contribution in [0.15, 0.2) is 29.8 Å². The summed E-state index contributed by atoms with van der Waals surface area (Å²) in [7, 11) is -3.03. The molecule has 0 saturated carbocycles. The zero-order valence-electron chi connectivity index (χ0n) is 16.5. The molecule has 1 amide bonds. The summed E-state index contributed by atoms with van der Waals surface area (Å²) in [6.07, 6.45) is 3.32. The van der Waals surface area contributed by atoms with Crippen molar-refractivity contribution in [2.75, 3.05) is 0 Å². The molecule has 1 heterocycles. The third-order valence-electron chi connectivity index (χ3n) is 7.02. The number of carbonyl (C=O) groups excluding carboxylic acids is 1. The number of allylic oxidation sites excluding steroid dienone is 1. The standard InChI is InChI=1S/C22H26NOSi2/c1-13-10-15-8-7-9-16(18(15)11-13)20-14(2)17(22(23)24)12-19-21(20)26(5,6)25(19,3)4/h7-9,11-12,23H,10H2,1-6H3. The number of amides is 1. The molecule has 0 spiro atoms. The molecule has 2 aliphatic rings. The lowest BCUT2D eigenvalue weighted by molar-refractivity contribution is 0.0991. The highest BCUT2D eigenvalue weighted by atomic mass is 29.3. The lowest BCUT2D eigenvalue weighted by Crippen LogP contribution is -2.85. The van der Waals surface area contributed by atoms with Crippen molar-refractivity contribution in [2.24, 2.45) is 0 Å². The normalized spacial score (nSPS) is 18.6. The Kier molecular flexibility index (Phi) is 3.57. The van der Waals surface area contributed by atoms with Crippen LogP contribution in [0.25, 0.3) is 17.2 Å². The molecular formula is C22H26NOSi2. The van der Waals surface area contributed by atoms with Crippen LogP contribution in [0.1, 0.15) is 34.0 Å². The van der Waals surface area contributed by atoms with Gasteiger partial charge in [-0.05, 0) is 48.1 Å². The molecule has 0 bridgehead atoms. The van der Waals surface area contributed by atoms with Gasteiger partial charge in [0.05, 0.1) is 15.2 Å². The van der Waals surface area contributed by atoms with Crippen molar-refractivity contribution >= 4 is 37.5 Å². The Balaban J connectivity index is 2.12. The maximum atomic E-state index is 12.1. The quantitative estimate of drug-likeness (QED) is 0.731. The maximum Gasteiger partial charge on any atom is 0.269 e. The van der Waals surface area contributed by atoms with Crippen LogP contribution >= 0.6 is 0 Å². The first-order valence-corrected chi connectivity index (χ1v) is 16.3.